The molecule has 3 aromatic carbocycles. The van der Waals surface area contributed by atoms with Gasteiger partial charge in [0.15, 0.2) is 0 Å². The Morgan fingerprint density at radius 3 is 2.24 bits per heavy atom. The maximum atomic E-state index is 6.01. The quantitative estimate of drug-likeness (QED) is 0.230. The number of ether oxygens (including phenoxy) is 1. The molecule has 0 amide bonds. The molecule has 188 valence electrons. The van der Waals surface area contributed by atoms with Crippen LogP contribution in [0, 0.1) is 0 Å². The minimum Gasteiger partial charge on any atom is -0.439 e. The fourth-order valence-electron chi connectivity index (χ4n) is 4.97. The summed E-state index contributed by atoms with van der Waals surface area (Å²) in [5.41, 5.74) is 6.94. The van der Waals surface area contributed by atoms with Crippen molar-refractivity contribution in [1.82, 2.24) is 14.5 Å². The second kappa shape index (κ2) is 9.79. The van der Waals surface area contributed by atoms with Crippen LogP contribution in [0.25, 0.3) is 38.8 Å². The van der Waals surface area contributed by atoms with Gasteiger partial charge in [0.2, 0.25) is 5.88 Å². The van der Waals surface area contributed by atoms with E-state index in [0.717, 1.165) is 39.4 Å². The van der Waals surface area contributed by atoms with E-state index in [0.29, 0.717) is 17.7 Å². The summed E-state index contributed by atoms with van der Waals surface area (Å²) in [6.07, 6.45) is 1.74. The Bertz CT molecular complexity index is 1720. The number of fused-ring (bicyclic) bond motifs is 3. The summed E-state index contributed by atoms with van der Waals surface area (Å²) in [7, 11) is 0. The lowest BCUT2D eigenvalue weighted by Crippen LogP contribution is -2.04. The van der Waals surface area contributed by atoms with Crippen molar-refractivity contribution in [3.8, 4) is 28.6 Å². The zero-order valence-corrected chi connectivity index (χ0v) is 22.2. The van der Waals surface area contributed by atoms with E-state index in [1.54, 1.807) is 6.20 Å². The van der Waals surface area contributed by atoms with Crippen molar-refractivity contribution in [2.45, 2.75) is 39.5 Å². The van der Waals surface area contributed by atoms with Crippen LogP contribution in [0.2, 0.25) is 0 Å². The van der Waals surface area contributed by atoms with E-state index in [2.05, 4.69) is 104 Å². The van der Waals surface area contributed by atoms with Gasteiger partial charge < -0.3 is 4.74 Å². The Kier molecular flexibility index (Phi) is 6.16. The Morgan fingerprint density at radius 1 is 0.658 bits per heavy atom. The van der Waals surface area contributed by atoms with Gasteiger partial charge in [-0.1, -0.05) is 76.2 Å². The van der Waals surface area contributed by atoms with Crippen LogP contribution >= 0.6 is 0 Å². The largest absolute Gasteiger partial charge is 0.439 e. The van der Waals surface area contributed by atoms with Crippen molar-refractivity contribution in [2.75, 3.05) is 0 Å². The number of para-hydroxylation sites is 1. The maximum Gasteiger partial charge on any atom is 0.219 e. The summed E-state index contributed by atoms with van der Waals surface area (Å²) < 4.78 is 8.33. The van der Waals surface area contributed by atoms with Crippen LogP contribution in [0.4, 0.5) is 0 Å². The highest BCUT2D eigenvalue weighted by atomic mass is 16.5. The minimum absolute atomic E-state index is 0.345. The Hall–Kier alpha value is -4.44. The molecule has 3 aromatic heterocycles. The van der Waals surface area contributed by atoms with Crippen molar-refractivity contribution in [1.29, 1.82) is 0 Å². The summed E-state index contributed by atoms with van der Waals surface area (Å²) >= 11 is 0. The second-order valence-corrected chi connectivity index (χ2v) is 10.4. The lowest BCUT2D eigenvalue weighted by Gasteiger charge is -2.15. The van der Waals surface area contributed by atoms with Gasteiger partial charge in [-0.25, -0.2) is 9.97 Å². The molecule has 0 N–H and O–H groups in total. The van der Waals surface area contributed by atoms with Gasteiger partial charge in [-0.2, -0.15) is 0 Å². The van der Waals surface area contributed by atoms with Crippen molar-refractivity contribution in [3.63, 3.8) is 0 Å². The number of pyridine rings is 2. The van der Waals surface area contributed by atoms with Gasteiger partial charge in [-0.15, -0.1) is 0 Å². The van der Waals surface area contributed by atoms with E-state index in [9.17, 15) is 0 Å². The minimum atomic E-state index is 0.345. The molecule has 0 unspecified atom stereocenters. The van der Waals surface area contributed by atoms with Crippen LogP contribution in [0.1, 0.15) is 50.8 Å². The first-order chi connectivity index (χ1) is 18.5. The molecular weight excluding hydrogens is 466 g/mol. The summed E-state index contributed by atoms with van der Waals surface area (Å²) in [6.45, 7) is 8.90. The van der Waals surface area contributed by atoms with Crippen molar-refractivity contribution in [2.24, 2.45) is 0 Å². The first kappa shape index (κ1) is 23.9. The van der Waals surface area contributed by atoms with E-state index in [1.807, 2.05) is 30.3 Å². The molecule has 0 bridgehead atoms. The molecule has 38 heavy (non-hydrogen) atoms. The summed E-state index contributed by atoms with van der Waals surface area (Å²) in [4.78, 5) is 9.45. The zero-order valence-electron chi connectivity index (χ0n) is 22.2. The molecule has 6 aromatic rings. The molecule has 0 fully saturated rings. The normalized spacial score (nSPS) is 11.6. The van der Waals surface area contributed by atoms with E-state index in [-0.39, 0.29) is 0 Å². The van der Waals surface area contributed by atoms with Crippen LogP contribution in [0.3, 0.4) is 0 Å². The van der Waals surface area contributed by atoms with Gasteiger partial charge in [0, 0.05) is 28.7 Å². The van der Waals surface area contributed by atoms with Crippen molar-refractivity contribution < 1.29 is 4.74 Å². The molecule has 6 rings (SSSR count). The van der Waals surface area contributed by atoms with E-state index < -0.39 is 0 Å². The third kappa shape index (κ3) is 4.43. The topological polar surface area (TPSA) is 39.9 Å². The number of benzene rings is 3. The number of hydrogen-bond donors (Lipinski definition) is 0. The molecule has 0 saturated heterocycles. The fourth-order valence-corrected chi connectivity index (χ4v) is 4.97. The second-order valence-electron chi connectivity index (χ2n) is 10.4. The molecule has 3 heterocycles. The van der Waals surface area contributed by atoms with Gasteiger partial charge >= 0.3 is 0 Å². The Labute approximate surface area is 223 Å². The highest BCUT2D eigenvalue weighted by Crippen LogP contribution is 2.36. The number of rotatable bonds is 6. The average Bonchev–Trinajstić information content (AvgIpc) is 3.27. The third-order valence-electron chi connectivity index (χ3n) is 7.04. The zero-order chi connectivity index (χ0) is 26.2. The fraction of sp³-hybridized carbons (Fsp3) is 0.176. The Morgan fingerprint density at radius 2 is 1.45 bits per heavy atom. The van der Waals surface area contributed by atoms with Crippen LogP contribution in [-0.4, -0.2) is 14.5 Å². The van der Waals surface area contributed by atoms with Crippen LogP contribution in [0.5, 0.6) is 11.6 Å². The number of nitrogens with zero attached hydrogens (tertiary/aromatic N) is 3. The predicted octanol–water partition coefficient (Wildman–Crippen LogP) is 9.28. The molecule has 0 radical (unpaired) electrons. The summed E-state index contributed by atoms with van der Waals surface area (Å²) in [5, 5.41) is 2.44. The van der Waals surface area contributed by atoms with Crippen molar-refractivity contribution in [3.05, 3.63) is 115 Å². The highest BCUT2D eigenvalue weighted by molar-refractivity contribution is 6.10. The van der Waals surface area contributed by atoms with Gasteiger partial charge in [0.1, 0.15) is 11.6 Å². The van der Waals surface area contributed by atoms with E-state index in [1.165, 1.54) is 16.3 Å². The standard InChI is InChI=1S/C34H31N3O/c1-22(2)26-19-30(23(3)4)36-33(21-26)37-31-13-6-5-12-28(31)29-16-15-25(20-32(29)37)24-10-9-11-27(18-24)38-34-14-7-8-17-35-34/h5-23H,1-4H3. The molecule has 4 nitrogen and oxygen atoms in total. The third-order valence-corrected chi connectivity index (χ3v) is 7.04. The molecule has 0 aliphatic rings. The first-order valence-electron chi connectivity index (χ1n) is 13.2. The van der Waals surface area contributed by atoms with Crippen molar-refractivity contribution >= 4 is 21.8 Å². The predicted molar refractivity (Wildman–Crippen MR) is 157 cm³/mol. The molecule has 0 aliphatic carbocycles. The van der Waals surface area contributed by atoms with Gasteiger partial charge in [-0.05, 0) is 71.0 Å². The van der Waals surface area contributed by atoms with Gasteiger partial charge in [0.05, 0.1) is 11.0 Å². The molecule has 4 heteroatoms. The average molecular weight is 498 g/mol. The number of aromatic nitrogens is 3. The molecule has 0 spiro atoms. The van der Waals surface area contributed by atoms with Gasteiger partial charge in [-0.3, -0.25) is 4.57 Å². The monoisotopic (exact) mass is 497 g/mol. The summed E-state index contributed by atoms with van der Waals surface area (Å²) in [5.74, 6) is 3.07. The lowest BCUT2D eigenvalue weighted by molar-refractivity contribution is 0.463. The molecule has 0 aliphatic heterocycles. The maximum absolute atomic E-state index is 6.01. The smallest absolute Gasteiger partial charge is 0.219 e. The van der Waals surface area contributed by atoms with Crippen LogP contribution < -0.4 is 4.74 Å². The van der Waals surface area contributed by atoms with E-state index >= 15 is 0 Å². The SMILES string of the molecule is CC(C)c1cc(C(C)C)nc(-n2c3ccccc3c3ccc(-c4cccc(Oc5ccccn5)c4)cc32)c1. The molecule has 0 atom stereocenters. The van der Waals surface area contributed by atoms with E-state index in [4.69, 9.17) is 9.72 Å². The van der Waals surface area contributed by atoms with Crippen LogP contribution in [-0.2, 0) is 0 Å². The first-order valence-corrected chi connectivity index (χ1v) is 13.2. The Balaban J connectivity index is 1.53. The highest BCUT2D eigenvalue weighted by Gasteiger charge is 2.17. The lowest BCUT2D eigenvalue weighted by atomic mass is 10.00. The number of hydrogen-bond acceptors (Lipinski definition) is 3. The molecule has 0 saturated carbocycles. The summed E-state index contributed by atoms with van der Waals surface area (Å²) in [6, 6.07) is 33.6. The molecular formula is C34H31N3O. The van der Waals surface area contributed by atoms with Gasteiger partial charge in [0.25, 0.3) is 0 Å². The van der Waals surface area contributed by atoms with Crippen LogP contribution in [0.15, 0.2) is 103 Å².